The minimum Gasteiger partial charge on any atom is -0.421 e. The molecule has 4 nitrogen and oxygen atoms in total. The molecule has 0 atom stereocenters. The van der Waals surface area contributed by atoms with Crippen molar-refractivity contribution in [3.63, 3.8) is 0 Å². The summed E-state index contributed by atoms with van der Waals surface area (Å²) in [4.78, 5) is 34.0. The summed E-state index contributed by atoms with van der Waals surface area (Å²) in [5.41, 5.74) is 0.455. The summed E-state index contributed by atoms with van der Waals surface area (Å²) in [6, 6.07) is 16.4. The summed E-state index contributed by atoms with van der Waals surface area (Å²) in [6.07, 6.45) is 3.27. The van der Waals surface area contributed by atoms with Gasteiger partial charge in [0.2, 0.25) is 0 Å². The fraction of sp³-hybridized carbons (Fsp3) is 0.0769. The van der Waals surface area contributed by atoms with Gasteiger partial charge in [0.1, 0.15) is 11.5 Å². The molecule has 0 radical (unpaired) electrons. The van der Waals surface area contributed by atoms with Gasteiger partial charge in [-0.2, -0.15) is 0 Å². The smallest absolute Gasteiger partial charge is 0.344 e. The van der Waals surface area contributed by atoms with Crippen LogP contribution in [0.2, 0.25) is 0 Å². The second-order valence-corrected chi connectivity index (χ2v) is 12.5. The van der Waals surface area contributed by atoms with E-state index in [4.69, 9.17) is 9.47 Å². The Morgan fingerprint density at radius 3 is 1.32 bits per heavy atom. The lowest BCUT2D eigenvalue weighted by molar-refractivity contribution is -0.133. The van der Waals surface area contributed by atoms with E-state index in [1.54, 1.807) is 46.2 Å². The highest BCUT2D eigenvalue weighted by molar-refractivity contribution is 7.26. The summed E-state index contributed by atoms with van der Waals surface area (Å²) in [5.74, 6) is -0.153. The molecule has 0 N–H and O–H groups in total. The first-order chi connectivity index (χ1) is 16.4. The maximum absolute atomic E-state index is 12.6. The molecule has 34 heavy (non-hydrogen) atoms. The van der Waals surface area contributed by atoms with Crippen LogP contribution in [0.25, 0.3) is 31.0 Å². The lowest BCUT2D eigenvalue weighted by atomic mass is 10.1. The van der Waals surface area contributed by atoms with Gasteiger partial charge < -0.3 is 9.47 Å². The van der Waals surface area contributed by atoms with E-state index in [-0.39, 0.29) is 11.1 Å². The fourth-order valence-electron chi connectivity index (χ4n) is 3.71. The zero-order valence-electron chi connectivity index (χ0n) is 18.0. The summed E-state index contributed by atoms with van der Waals surface area (Å²) >= 11 is 6.63. The second kappa shape index (κ2) is 8.32. The molecule has 0 amide bonds. The minimum atomic E-state index is -0.539. The van der Waals surface area contributed by atoms with Crippen LogP contribution in [-0.2, 0) is 19.1 Å². The van der Waals surface area contributed by atoms with Crippen LogP contribution in [0.4, 0.5) is 0 Å². The van der Waals surface area contributed by atoms with Crippen LogP contribution in [0.15, 0.2) is 71.8 Å². The Balaban J connectivity index is 1.29. The Labute approximate surface area is 211 Å². The third-order valence-corrected chi connectivity index (χ3v) is 9.94. The molecule has 0 fully saturated rings. The van der Waals surface area contributed by atoms with Crippen LogP contribution in [0, 0.1) is 13.8 Å². The molecular weight excluding hydrogens is 505 g/mol. The van der Waals surface area contributed by atoms with Gasteiger partial charge in [-0.1, -0.05) is 0 Å². The average Bonchev–Trinajstić information content (AvgIpc) is 3.61. The van der Waals surface area contributed by atoms with Crippen LogP contribution in [0.5, 0.6) is 0 Å². The van der Waals surface area contributed by atoms with E-state index in [1.807, 2.05) is 31.2 Å². The average molecular weight is 521 g/mol. The first-order valence-electron chi connectivity index (χ1n) is 10.4. The number of esters is 2. The van der Waals surface area contributed by atoms with Crippen molar-refractivity contribution >= 4 is 68.8 Å². The Bertz CT molecular complexity index is 1570. The molecule has 0 aliphatic carbocycles. The lowest BCUT2D eigenvalue weighted by Crippen LogP contribution is -2.05. The third kappa shape index (κ3) is 3.82. The molecule has 0 spiro atoms. The van der Waals surface area contributed by atoms with E-state index in [0.717, 1.165) is 19.5 Å². The van der Waals surface area contributed by atoms with Crippen molar-refractivity contribution in [2.45, 2.75) is 13.8 Å². The van der Waals surface area contributed by atoms with Crippen LogP contribution >= 0.6 is 45.3 Å². The Kier molecular flexibility index (Phi) is 5.26. The molecule has 6 rings (SSSR count). The predicted octanol–water partition coefficient (Wildman–Crippen LogP) is 7.68. The highest BCUT2D eigenvalue weighted by Gasteiger charge is 2.33. The number of rotatable bonds is 4. The first kappa shape index (κ1) is 21.5. The van der Waals surface area contributed by atoms with E-state index in [2.05, 4.69) is 31.2 Å². The van der Waals surface area contributed by atoms with Gasteiger partial charge in [-0.15, -0.1) is 45.3 Å². The Morgan fingerprint density at radius 2 is 0.853 bits per heavy atom. The molecule has 168 valence electrons. The zero-order chi connectivity index (χ0) is 23.4. The van der Waals surface area contributed by atoms with Crippen LogP contribution in [0.1, 0.15) is 19.5 Å². The summed E-state index contributed by atoms with van der Waals surface area (Å²) in [5, 5.41) is 0. The van der Waals surface area contributed by atoms with Gasteiger partial charge in [-0.3, -0.25) is 0 Å². The molecule has 6 heterocycles. The molecule has 4 aromatic heterocycles. The van der Waals surface area contributed by atoms with Gasteiger partial charge in [0.15, 0.2) is 0 Å². The Morgan fingerprint density at radius 1 is 0.500 bits per heavy atom. The maximum atomic E-state index is 12.6. The van der Waals surface area contributed by atoms with Gasteiger partial charge in [0.25, 0.3) is 0 Å². The number of hydrogen-bond donors (Lipinski definition) is 0. The van der Waals surface area contributed by atoms with Crippen LogP contribution < -0.4 is 0 Å². The largest absolute Gasteiger partial charge is 0.421 e. The van der Waals surface area contributed by atoms with E-state index < -0.39 is 11.9 Å². The van der Waals surface area contributed by atoms with E-state index >= 15 is 0 Å². The molecule has 0 saturated heterocycles. The van der Waals surface area contributed by atoms with Crippen LogP contribution in [-0.4, -0.2) is 11.9 Å². The molecular formula is C26H16O4S4. The molecule has 2 aliphatic heterocycles. The van der Waals surface area contributed by atoms with Gasteiger partial charge in [0, 0.05) is 29.3 Å². The monoisotopic (exact) mass is 520 g/mol. The number of thiophene rings is 4. The van der Waals surface area contributed by atoms with Crippen molar-refractivity contribution in [1.82, 2.24) is 0 Å². The lowest BCUT2D eigenvalue weighted by Gasteiger charge is -1.98. The van der Waals surface area contributed by atoms with Crippen molar-refractivity contribution < 1.29 is 19.1 Å². The van der Waals surface area contributed by atoms with Gasteiger partial charge in [-0.25, -0.2) is 9.59 Å². The van der Waals surface area contributed by atoms with E-state index in [0.29, 0.717) is 11.5 Å². The molecule has 8 heteroatoms. The number of hydrogen-bond acceptors (Lipinski definition) is 8. The van der Waals surface area contributed by atoms with Crippen molar-refractivity contribution in [3.05, 3.63) is 91.3 Å². The first-order valence-corrected chi connectivity index (χ1v) is 13.7. The standard InChI is InChI=1S/C26H16O4S4/c1-13-3-5-19(31-13)17-11-15(25(27)29-17)16-12-18(30-26(16)28)20-7-8-23(33-20)24-10-9-22(34-24)21-6-4-14(2)32-21/h3-12H,1-2H3/b16-15+. The Hall–Kier alpha value is -3.04. The zero-order valence-corrected chi connectivity index (χ0v) is 21.3. The van der Waals surface area contributed by atoms with Gasteiger partial charge in [-0.05, 0) is 74.5 Å². The highest BCUT2D eigenvalue weighted by Crippen LogP contribution is 2.42. The fourth-order valence-corrected chi connectivity index (χ4v) is 7.54. The quantitative estimate of drug-likeness (QED) is 0.205. The molecule has 4 aromatic rings. The van der Waals surface area contributed by atoms with Crippen molar-refractivity contribution in [3.8, 4) is 19.5 Å². The predicted molar refractivity (Wildman–Crippen MR) is 140 cm³/mol. The summed E-state index contributed by atoms with van der Waals surface area (Å²) in [6.45, 7) is 4.10. The van der Waals surface area contributed by atoms with Crippen LogP contribution in [0.3, 0.4) is 0 Å². The van der Waals surface area contributed by atoms with Gasteiger partial charge >= 0.3 is 11.9 Å². The molecule has 0 bridgehead atoms. The third-order valence-electron chi connectivity index (χ3n) is 5.35. The van der Waals surface area contributed by atoms with E-state index in [1.165, 1.54) is 30.8 Å². The number of cyclic esters (lactones) is 2. The molecule has 0 aromatic carbocycles. The SMILES string of the molecule is Cc1ccc(C2=C/C(=C3/C=C(c4ccc(-c5ccc(-c6ccc(C)s6)s5)s4)OC3=O)C(=O)O2)s1. The maximum Gasteiger partial charge on any atom is 0.344 e. The van der Waals surface area contributed by atoms with Crippen molar-refractivity contribution in [1.29, 1.82) is 0 Å². The molecule has 0 unspecified atom stereocenters. The number of carbonyl (C=O) groups excluding carboxylic acids is 2. The molecule has 0 saturated carbocycles. The van der Waals surface area contributed by atoms with Gasteiger partial charge in [0.05, 0.1) is 20.9 Å². The summed E-state index contributed by atoms with van der Waals surface area (Å²) in [7, 11) is 0. The number of carbonyl (C=O) groups is 2. The second-order valence-electron chi connectivity index (χ2n) is 7.77. The topological polar surface area (TPSA) is 52.6 Å². The number of ether oxygens (including phenoxy) is 2. The minimum absolute atomic E-state index is 0.227. The van der Waals surface area contributed by atoms with E-state index in [9.17, 15) is 9.59 Å². The van der Waals surface area contributed by atoms with Crippen molar-refractivity contribution in [2.75, 3.05) is 0 Å². The number of aryl methyl sites for hydroxylation is 2. The highest BCUT2D eigenvalue weighted by atomic mass is 32.1. The normalized spacial score (nSPS) is 17.7. The summed E-state index contributed by atoms with van der Waals surface area (Å²) < 4.78 is 11.0. The molecule has 2 aliphatic rings. The van der Waals surface area contributed by atoms with Crippen molar-refractivity contribution in [2.24, 2.45) is 0 Å².